The molecule has 0 radical (unpaired) electrons. The number of hydrogen-bond donors (Lipinski definition) is 0. The van der Waals surface area contributed by atoms with Crippen LogP contribution in [0.25, 0.3) is 5.82 Å². The van der Waals surface area contributed by atoms with Gasteiger partial charge in [-0.3, -0.25) is 9.36 Å². The summed E-state index contributed by atoms with van der Waals surface area (Å²) >= 11 is 0. The molecule has 0 aliphatic heterocycles. The van der Waals surface area contributed by atoms with Crippen molar-refractivity contribution in [2.24, 2.45) is 0 Å². The van der Waals surface area contributed by atoms with Crippen LogP contribution >= 0.6 is 0 Å². The molecule has 0 saturated heterocycles. The quantitative estimate of drug-likeness (QED) is 0.807. The fourth-order valence-corrected chi connectivity index (χ4v) is 1.73. The minimum atomic E-state index is -0.0651. The molecule has 0 aliphatic rings. The Kier molecular flexibility index (Phi) is 3.24. The molecule has 0 aliphatic carbocycles. The van der Waals surface area contributed by atoms with Crippen LogP contribution in [0.5, 0.6) is 0 Å². The van der Waals surface area contributed by atoms with Crippen LogP contribution in [-0.4, -0.2) is 9.55 Å². The number of pyridine rings is 2. The van der Waals surface area contributed by atoms with Crippen LogP contribution in [-0.2, 0) is 0 Å². The Morgan fingerprint density at radius 2 is 2.11 bits per heavy atom. The Hall–Kier alpha value is -2.41. The van der Waals surface area contributed by atoms with E-state index < -0.39 is 0 Å². The Balaban J connectivity index is 2.54. The normalized spacial score (nSPS) is 10.3. The molecular formula is C14H13N3O. The summed E-state index contributed by atoms with van der Waals surface area (Å²) in [4.78, 5) is 16.3. The van der Waals surface area contributed by atoms with E-state index in [2.05, 4.69) is 4.98 Å². The zero-order valence-corrected chi connectivity index (χ0v) is 10.3. The molecule has 0 aromatic carbocycles. The molecule has 2 aromatic rings. The Labute approximate surface area is 105 Å². The summed E-state index contributed by atoms with van der Waals surface area (Å²) < 4.78 is 1.50. The molecule has 2 aromatic heterocycles. The lowest BCUT2D eigenvalue weighted by Crippen LogP contribution is -2.22. The van der Waals surface area contributed by atoms with E-state index in [1.54, 1.807) is 18.3 Å². The maximum Gasteiger partial charge on any atom is 0.259 e. The molecule has 0 saturated carbocycles. The SMILES string of the molecule is CC(C)c1cccn(-c2ccc(C#N)cn2)c1=O. The second kappa shape index (κ2) is 4.84. The highest BCUT2D eigenvalue weighted by atomic mass is 16.1. The molecule has 0 bridgehead atoms. The highest BCUT2D eigenvalue weighted by Crippen LogP contribution is 2.10. The molecule has 4 nitrogen and oxygen atoms in total. The van der Waals surface area contributed by atoms with Gasteiger partial charge in [0.15, 0.2) is 0 Å². The van der Waals surface area contributed by atoms with Crippen molar-refractivity contribution in [3.8, 4) is 11.9 Å². The summed E-state index contributed by atoms with van der Waals surface area (Å²) in [5.74, 6) is 0.699. The van der Waals surface area contributed by atoms with Crippen LogP contribution in [0, 0.1) is 11.3 Å². The van der Waals surface area contributed by atoms with Gasteiger partial charge in [0.2, 0.25) is 0 Å². The molecular weight excluding hydrogens is 226 g/mol. The van der Waals surface area contributed by atoms with Gasteiger partial charge in [-0.25, -0.2) is 4.98 Å². The maximum atomic E-state index is 12.2. The van der Waals surface area contributed by atoms with Gasteiger partial charge in [0.05, 0.1) is 5.56 Å². The summed E-state index contributed by atoms with van der Waals surface area (Å²) in [6.07, 6.45) is 3.15. The lowest BCUT2D eigenvalue weighted by Gasteiger charge is -2.09. The van der Waals surface area contributed by atoms with Crippen molar-refractivity contribution in [2.45, 2.75) is 19.8 Å². The molecule has 0 amide bonds. The molecule has 0 fully saturated rings. The smallest absolute Gasteiger partial charge is 0.259 e. The summed E-state index contributed by atoms with van der Waals surface area (Å²) in [7, 11) is 0. The van der Waals surface area contributed by atoms with Crippen LogP contribution < -0.4 is 5.56 Å². The summed E-state index contributed by atoms with van der Waals surface area (Å²) in [6.45, 7) is 3.96. The van der Waals surface area contributed by atoms with Crippen molar-refractivity contribution in [2.75, 3.05) is 0 Å². The Morgan fingerprint density at radius 3 is 2.67 bits per heavy atom. The first-order valence-corrected chi connectivity index (χ1v) is 5.71. The fraction of sp³-hybridized carbons (Fsp3) is 0.214. The van der Waals surface area contributed by atoms with E-state index in [1.807, 2.05) is 32.0 Å². The highest BCUT2D eigenvalue weighted by Gasteiger charge is 2.08. The van der Waals surface area contributed by atoms with Crippen molar-refractivity contribution in [1.82, 2.24) is 9.55 Å². The minimum absolute atomic E-state index is 0.0651. The van der Waals surface area contributed by atoms with Crippen LogP contribution in [0.1, 0.15) is 30.9 Å². The third-order valence-electron chi connectivity index (χ3n) is 2.72. The van der Waals surface area contributed by atoms with Crippen molar-refractivity contribution in [1.29, 1.82) is 5.26 Å². The number of nitriles is 1. The summed E-state index contributed by atoms with van der Waals surface area (Å²) in [5, 5.41) is 8.71. The Morgan fingerprint density at radius 1 is 1.33 bits per heavy atom. The van der Waals surface area contributed by atoms with Gasteiger partial charge in [0.25, 0.3) is 5.56 Å². The largest absolute Gasteiger partial charge is 0.269 e. The predicted octanol–water partition coefficient (Wildman–Crippen LogP) is 2.23. The van der Waals surface area contributed by atoms with Crippen molar-refractivity contribution in [3.63, 3.8) is 0 Å². The summed E-state index contributed by atoms with van der Waals surface area (Å²) in [5.41, 5.74) is 1.17. The van der Waals surface area contributed by atoms with Crippen LogP contribution in [0.15, 0.2) is 41.5 Å². The zero-order valence-electron chi connectivity index (χ0n) is 10.3. The third kappa shape index (κ3) is 2.16. The molecule has 2 rings (SSSR count). The summed E-state index contributed by atoms with van der Waals surface area (Å²) in [6, 6.07) is 8.98. The van der Waals surface area contributed by atoms with Crippen molar-refractivity contribution in [3.05, 3.63) is 58.1 Å². The zero-order chi connectivity index (χ0) is 13.1. The molecule has 2 heterocycles. The van der Waals surface area contributed by atoms with Gasteiger partial charge < -0.3 is 0 Å². The van der Waals surface area contributed by atoms with Crippen LogP contribution in [0.3, 0.4) is 0 Å². The first kappa shape index (κ1) is 12.1. The predicted molar refractivity (Wildman–Crippen MR) is 68.6 cm³/mol. The van der Waals surface area contributed by atoms with Gasteiger partial charge >= 0.3 is 0 Å². The first-order chi connectivity index (χ1) is 8.63. The second-order valence-corrected chi connectivity index (χ2v) is 4.31. The van der Waals surface area contributed by atoms with E-state index in [4.69, 9.17) is 5.26 Å². The Bertz CT molecular complexity index is 648. The highest BCUT2D eigenvalue weighted by molar-refractivity contribution is 5.33. The van der Waals surface area contributed by atoms with Gasteiger partial charge in [0.1, 0.15) is 11.9 Å². The third-order valence-corrected chi connectivity index (χ3v) is 2.72. The van der Waals surface area contributed by atoms with E-state index in [9.17, 15) is 4.79 Å². The molecule has 4 heteroatoms. The number of nitrogens with zero attached hydrogens (tertiary/aromatic N) is 3. The van der Waals surface area contributed by atoms with E-state index in [-0.39, 0.29) is 11.5 Å². The van der Waals surface area contributed by atoms with Gasteiger partial charge in [-0.2, -0.15) is 5.26 Å². The topological polar surface area (TPSA) is 58.7 Å². The van der Waals surface area contributed by atoms with Crippen LogP contribution in [0.2, 0.25) is 0 Å². The van der Waals surface area contributed by atoms with E-state index >= 15 is 0 Å². The number of hydrogen-bond acceptors (Lipinski definition) is 3. The molecule has 0 atom stereocenters. The second-order valence-electron chi connectivity index (χ2n) is 4.31. The lowest BCUT2D eigenvalue weighted by atomic mass is 10.1. The van der Waals surface area contributed by atoms with Crippen molar-refractivity contribution >= 4 is 0 Å². The standard InChI is InChI=1S/C14H13N3O/c1-10(2)12-4-3-7-17(14(12)18)13-6-5-11(8-15)9-16-13/h3-7,9-10H,1-2H3. The van der Waals surface area contributed by atoms with E-state index in [1.165, 1.54) is 10.8 Å². The maximum absolute atomic E-state index is 12.2. The number of rotatable bonds is 2. The number of aromatic nitrogens is 2. The van der Waals surface area contributed by atoms with Gasteiger partial charge in [-0.05, 0) is 24.1 Å². The fourth-order valence-electron chi connectivity index (χ4n) is 1.73. The lowest BCUT2D eigenvalue weighted by molar-refractivity contribution is 0.812. The minimum Gasteiger partial charge on any atom is -0.269 e. The van der Waals surface area contributed by atoms with Crippen molar-refractivity contribution < 1.29 is 0 Å². The molecule has 18 heavy (non-hydrogen) atoms. The van der Waals surface area contributed by atoms with Gasteiger partial charge in [-0.1, -0.05) is 19.9 Å². The average Bonchev–Trinajstić information content (AvgIpc) is 2.39. The van der Waals surface area contributed by atoms with E-state index in [0.29, 0.717) is 11.4 Å². The van der Waals surface area contributed by atoms with Crippen LogP contribution in [0.4, 0.5) is 0 Å². The van der Waals surface area contributed by atoms with E-state index in [0.717, 1.165) is 5.56 Å². The average molecular weight is 239 g/mol. The molecule has 90 valence electrons. The van der Waals surface area contributed by atoms with Gasteiger partial charge in [-0.15, -0.1) is 0 Å². The molecule has 0 unspecified atom stereocenters. The van der Waals surface area contributed by atoms with Gasteiger partial charge in [0, 0.05) is 18.0 Å². The molecule has 0 N–H and O–H groups in total. The first-order valence-electron chi connectivity index (χ1n) is 5.71. The molecule has 0 spiro atoms. The monoisotopic (exact) mass is 239 g/mol.